The zero-order valence-corrected chi connectivity index (χ0v) is 10.4. The third kappa shape index (κ3) is 8.01. The first-order valence-electron chi connectivity index (χ1n) is 5.38. The summed E-state index contributed by atoms with van der Waals surface area (Å²) in [5.41, 5.74) is 0. The predicted molar refractivity (Wildman–Crippen MR) is 58.1 cm³/mol. The molecule has 0 aromatic heterocycles. The summed E-state index contributed by atoms with van der Waals surface area (Å²) in [4.78, 5) is 33.0. The lowest BCUT2D eigenvalue weighted by Crippen LogP contribution is -2.46. The van der Waals surface area contributed by atoms with Crippen LogP contribution in [-0.2, 0) is 14.4 Å². The highest BCUT2D eigenvalue weighted by atomic mass is 19.4. The number of carbonyl (C=O) groups is 3. The molecule has 0 saturated heterocycles. The number of hydrogen-bond acceptors (Lipinski definition) is 3. The van der Waals surface area contributed by atoms with Crippen molar-refractivity contribution in [3.63, 3.8) is 0 Å². The van der Waals surface area contributed by atoms with Crippen molar-refractivity contribution in [2.24, 2.45) is 5.92 Å². The molecular formula is C10H15F3N2O4. The molecule has 6 nitrogen and oxygen atoms in total. The Labute approximate surface area is 107 Å². The fourth-order valence-corrected chi connectivity index (χ4v) is 1.15. The van der Waals surface area contributed by atoms with E-state index >= 15 is 0 Å². The van der Waals surface area contributed by atoms with Gasteiger partial charge in [-0.3, -0.25) is 9.59 Å². The molecule has 0 aliphatic rings. The van der Waals surface area contributed by atoms with Gasteiger partial charge in [0.1, 0.15) is 19.0 Å². The van der Waals surface area contributed by atoms with Gasteiger partial charge in [0.15, 0.2) is 0 Å². The lowest BCUT2D eigenvalue weighted by Gasteiger charge is -2.17. The van der Waals surface area contributed by atoms with Crippen molar-refractivity contribution < 1.29 is 32.7 Å². The Bertz CT molecular complexity index is 355. The topological polar surface area (TPSA) is 95.5 Å². The molecule has 0 saturated carbocycles. The number of carboxylic acids is 1. The molecule has 9 heteroatoms. The molecule has 0 aromatic rings. The number of halogens is 3. The second kappa shape index (κ2) is 6.95. The van der Waals surface area contributed by atoms with Gasteiger partial charge in [0.2, 0.25) is 11.8 Å². The second-order valence-electron chi connectivity index (χ2n) is 4.20. The average Bonchev–Trinajstić information content (AvgIpc) is 2.21. The summed E-state index contributed by atoms with van der Waals surface area (Å²) in [6.07, 6.45) is -5.42. The highest BCUT2D eigenvalue weighted by molar-refractivity contribution is 5.98. The molecule has 0 aliphatic carbocycles. The molecule has 0 rings (SSSR count). The van der Waals surface area contributed by atoms with Gasteiger partial charge in [0.25, 0.3) is 0 Å². The largest absolute Gasteiger partial charge is 0.480 e. The summed E-state index contributed by atoms with van der Waals surface area (Å²) in [6, 6.07) is -1.19. The SMILES string of the molecule is CC(C)[C@@H](NC(=O)CC(=O)NCC(F)(F)F)C(=O)O. The Hall–Kier alpha value is -1.80. The monoisotopic (exact) mass is 284 g/mol. The molecule has 0 spiro atoms. The summed E-state index contributed by atoms with van der Waals surface area (Å²) in [6.45, 7) is 1.55. The highest BCUT2D eigenvalue weighted by Gasteiger charge is 2.29. The van der Waals surface area contributed by atoms with E-state index in [1.54, 1.807) is 13.8 Å². The minimum Gasteiger partial charge on any atom is -0.480 e. The molecule has 110 valence electrons. The summed E-state index contributed by atoms with van der Waals surface area (Å²) in [7, 11) is 0. The van der Waals surface area contributed by atoms with E-state index < -0.39 is 48.9 Å². The van der Waals surface area contributed by atoms with E-state index in [1.165, 1.54) is 5.32 Å². The van der Waals surface area contributed by atoms with E-state index in [1.807, 2.05) is 0 Å². The summed E-state index contributed by atoms with van der Waals surface area (Å²) in [5.74, 6) is -3.76. The Morgan fingerprint density at radius 1 is 1.16 bits per heavy atom. The van der Waals surface area contributed by atoms with Crippen molar-refractivity contribution in [3.05, 3.63) is 0 Å². The number of alkyl halides is 3. The third-order valence-corrected chi connectivity index (χ3v) is 2.06. The van der Waals surface area contributed by atoms with Crippen LogP contribution in [0.1, 0.15) is 20.3 Å². The van der Waals surface area contributed by atoms with Gasteiger partial charge in [0, 0.05) is 0 Å². The van der Waals surface area contributed by atoms with Crippen LogP contribution in [0.15, 0.2) is 0 Å². The van der Waals surface area contributed by atoms with Crippen LogP contribution in [0.3, 0.4) is 0 Å². The van der Waals surface area contributed by atoms with Gasteiger partial charge >= 0.3 is 12.1 Å². The zero-order chi connectivity index (χ0) is 15.2. The van der Waals surface area contributed by atoms with Crippen LogP contribution in [0.25, 0.3) is 0 Å². The lowest BCUT2D eigenvalue weighted by atomic mass is 10.0. The Morgan fingerprint density at radius 3 is 2.05 bits per heavy atom. The molecule has 0 aromatic carbocycles. The van der Waals surface area contributed by atoms with Gasteiger partial charge in [-0.05, 0) is 5.92 Å². The molecule has 0 radical (unpaired) electrons. The van der Waals surface area contributed by atoms with Crippen molar-refractivity contribution in [1.29, 1.82) is 0 Å². The van der Waals surface area contributed by atoms with Gasteiger partial charge < -0.3 is 15.7 Å². The van der Waals surface area contributed by atoms with E-state index in [0.29, 0.717) is 0 Å². The Kier molecular flexibility index (Phi) is 6.30. The molecule has 3 N–H and O–H groups in total. The Balaban J connectivity index is 4.23. The maximum Gasteiger partial charge on any atom is 0.405 e. The molecule has 1 atom stereocenters. The van der Waals surface area contributed by atoms with Gasteiger partial charge in [-0.15, -0.1) is 0 Å². The maximum atomic E-state index is 11.8. The number of rotatable bonds is 6. The molecule has 0 heterocycles. The summed E-state index contributed by atoms with van der Waals surface area (Å²) >= 11 is 0. The van der Waals surface area contributed by atoms with Crippen LogP contribution in [0.2, 0.25) is 0 Å². The van der Waals surface area contributed by atoms with Crippen LogP contribution in [0.4, 0.5) is 13.2 Å². The lowest BCUT2D eigenvalue weighted by molar-refractivity contribution is -0.145. The second-order valence-corrected chi connectivity index (χ2v) is 4.20. The van der Waals surface area contributed by atoms with E-state index in [4.69, 9.17) is 5.11 Å². The maximum absolute atomic E-state index is 11.8. The van der Waals surface area contributed by atoms with Gasteiger partial charge in [-0.1, -0.05) is 13.8 Å². The molecule has 0 aliphatic heterocycles. The van der Waals surface area contributed by atoms with E-state index in [2.05, 4.69) is 5.32 Å². The summed E-state index contributed by atoms with van der Waals surface area (Å²) in [5, 5.41) is 12.3. The number of hydrogen-bond donors (Lipinski definition) is 3. The van der Waals surface area contributed by atoms with Crippen LogP contribution in [0.5, 0.6) is 0 Å². The average molecular weight is 284 g/mol. The first-order valence-corrected chi connectivity index (χ1v) is 5.38. The van der Waals surface area contributed by atoms with E-state index in [9.17, 15) is 27.6 Å². The predicted octanol–water partition coefficient (Wildman–Crippen LogP) is 0.280. The smallest absolute Gasteiger partial charge is 0.405 e. The number of aliphatic carboxylic acids is 1. The van der Waals surface area contributed by atoms with E-state index in [-0.39, 0.29) is 0 Å². The first-order chi connectivity index (χ1) is 8.53. The summed E-state index contributed by atoms with van der Waals surface area (Å²) < 4.78 is 35.3. The molecule has 0 bridgehead atoms. The van der Waals surface area contributed by atoms with Crippen molar-refractivity contribution in [2.45, 2.75) is 32.5 Å². The minimum atomic E-state index is -4.56. The van der Waals surface area contributed by atoms with Crippen molar-refractivity contribution in [1.82, 2.24) is 10.6 Å². The van der Waals surface area contributed by atoms with Gasteiger partial charge in [-0.25, -0.2) is 4.79 Å². The minimum absolute atomic E-state index is 0.417. The molecule has 2 amide bonds. The normalized spacial score (nSPS) is 12.9. The van der Waals surface area contributed by atoms with Crippen LogP contribution >= 0.6 is 0 Å². The fraction of sp³-hybridized carbons (Fsp3) is 0.700. The zero-order valence-electron chi connectivity index (χ0n) is 10.4. The van der Waals surface area contributed by atoms with Gasteiger partial charge in [0.05, 0.1) is 0 Å². The third-order valence-electron chi connectivity index (χ3n) is 2.06. The quantitative estimate of drug-likeness (QED) is 0.610. The van der Waals surface area contributed by atoms with Crippen molar-refractivity contribution in [3.8, 4) is 0 Å². The number of carbonyl (C=O) groups excluding carboxylic acids is 2. The molecular weight excluding hydrogens is 269 g/mol. The number of carboxylic acid groups (broad SMARTS) is 1. The molecule has 0 unspecified atom stereocenters. The molecule has 19 heavy (non-hydrogen) atoms. The van der Waals surface area contributed by atoms with Crippen molar-refractivity contribution >= 4 is 17.8 Å². The fourth-order valence-electron chi connectivity index (χ4n) is 1.15. The van der Waals surface area contributed by atoms with Crippen LogP contribution in [-0.4, -0.2) is 41.7 Å². The first kappa shape index (κ1) is 17.2. The molecule has 0 fully saturated rings. The van der Waals surface area contributed by atoms with E-state index in [0.717, 1.165) is 0 Å². The van der Waals surface area contributed by atoms with Gasteiger partial charge in [-0.2, -0.15) is 13.2 Å². The number of nitrogens with one attached hydrogen (secondary N) is 2. The number of amides is 2. The standard InChI is InChI=1S/C10H15F3N2O4/c1-5(2)8(9(18)19)15-7(17)3-6(16)14-4-10(11,12)13/h5,8H,3-4H2,1-2H3,(H,14,16)(H,15,17)(H,18,19)/t8-/m1/s1. The highest BCUT2D eigenvalue weighted by Crippen LogP contribution is 2.12. The van der Waals surface area contributed by atoms with Crippen LogP contribution < -0.4 is 10.6 Å². The Morgan fingerprint density at radius 2 is 1.68 bits per heavy atom. The van der Waals surface area contributed by atoms with Crippen molar-refractivity contribution in [2.75, 3.05) is 6.54 Å². The van der Waals surface area contributed by atoms with Crippen LogP contribution in [0, 0.1) is 5.92 Å².